The zero-order chi connectivity index (χ0) is 21.4. The van der Waals surface area contributed by atoms with Crippen molar-refractivity contribution < 1.29 is 17.9 Å². The molecule has 0 atom stereocenters. The molecule has 2 aromatic carbocycles. The molecule has 0 bridgehead atoms. The summed E-state index contributed by atoms with van der Waals surface area (Å²) in [6.45, 7) is 4.16. The zero-order valence-corrected chi connectivity index (χ0v) is 18.3. The lowest BCUT2D eigenvalue weighted by molar-refractivity contribution is -0.121. The second-order valence-electron chi connectivity index (χ2n) is 7.48. The second kappa shape index (κ2) is 10.6. The molecule has 1 amide bonds. The summed E-state index contributed by atoms with van der Waals surface area (Å²) in [6, 6.07) is 14.7. The highest BCUT2D eigenvalue weighted by atomic mass is 32.2. The van der Waals surface area contributed by atoms with E-state index in [0.717, 1.165) is 30.6 Å². The number of nitrogens with zero attached hydrogens (tertiary/aromatic N) is 1. The van der Waals surface area contributed by atoms with E-state index in [1.165, 1.54) is 9.87 Å². The third kappa shape index (κ3) is 6.06. The molecule has 0 aliphatic carbocycles. The first-order chi connectivity index (χ1) is 14.5. The lowest BCUT2D eigenvalue weighted by atomic mass is 10.2. The quantitative estimate of drug-likeness (QED) is 0.585. The number of ether oxygens (including phenoxy) is 1. The predicted molar refractivity (Wildman–Crippen MR) is 117 cm³/mol. The molecular formula is C23H30N2O4S. The Bertz CT molecular complexity index is 919. The van der Waals surface area contributed by atoms with E-state index in [1.807, 2.05) is 24.3 Å². The van der Waals surface area contributed by atoms with Crippen LogP contribution in [-0.2, 0) is 27.8 Å². The van der Waals surface area contributed by atoms with Gasteiger partial charge in [-0.05, 0) is 61.1 Å². The van der Waals surface area contributed by atoms with Crippen molar-refractivity contribution in [2.45, 2.75) is 50.5 Å². The Balaban J connectivity index is 1.38. The first-order valence-corrected chi connectivity index (χ1v) is 12.0. The maximum Gasteiger partial charge on any atom is 0.243 e. The van der Waals surface area contributed by atoms with Gasteiger partial charge in [-0.25, -0.2) is 8.42 Å². The van der Waals surface area contributed by atoms with Gasteiger partial charge in [0.2, 0.25) is 15.9 Å². The molecule has 6 nitrogen and oxygen atoms in total. The Hall–Kier alpha value is -2.38. The van der Waals surface area contributed by atoms with E-state index in [4.69, 9.17) is 4.74 Å². The summed E-state index contributed by atoms with van der Waals surface area (Å²) in [4.78, 5) is 12.4. The van der Waals surface area contributed by atoms with Crippen molar-refractivity contribution >= 4 is 15.9 Å². The van der Waals surface area contributed by atoms with E-state index >= 15 is 0 Å². The number of carbonyl (C=O) groups is 1. The molecule has 1 aliphatic rings. The average Bonchev–Trinajstić information content (AvgIpc) is 3.32. The van der Waals surface area contributed by atoms with Crippen LogP contribution in [0, 0.1) is 0 Å². The predicted octanol–water partition coefficient (Wildman–Crippen LogP) is 3.51. The number of rotatable bonds is 10. The van der Waals surface area contributed by atoms with Crippen LogP contribution in [0.25, 0.3) is 0 Å². The molecule has 0 aromatic heterocycles. The van der Waals surface area contributed by atoms with Gasteiger partial charge in [0, 0.05) is 26.1 Å². The fourth-order valence-electron chi connectivity index (χ4n) is 3.39. The van der Waals surface area contributed by atoms with E-state index in [-0.39, 0.29) is 5.91 Å². The van der Waals surface area contributed by atoms with E-state index in [1.54, 1.807) is 24.3 Å². The summed E-state index contributed by atoms with van der Waals surface area (Å²) in [5.41, 5.74) is 2.14. The molecule has 1 saturated heterocycles. The third-order valence-corrected chi connectivity index (χ3v) is 7.18. The standard InChI is InChI=1S/C23H30N2O4S/c1-2-19-7-11-21(12-8-19)29-17-5-6-23(26)24-18-20-9-13-22(14-10-20)30(27,28)25-15-3-4-16-25/h7-14H,2-6,15-18H2,1H3,(H,24,26). The van der Waals surface area contributed by atoms with Crippen LogP contribution in [-0.4, -0.2) is 38.3 Å². The molecule has 162 valence electrons. The van der Waals surface area contributed by atoms with E-state index in [9.17, 15) is 13.2 Å². The molecule has 2 aromatic rings. The highest BCUT2D eigenvalue weighted by Gasteiger charge is 2.26. The highest BCUT2D eigenvalue weighted by Crippen LogP contribution is 2.21. The van der Waals surface area contributed by atoms with Crippen LogP contribution in [0.3, 0.4) is 0 Å². The fourth-order valence-corrected chi connectivity index (χ4v) is 4.91. The molecule has 7 heteroatoms. The molecule has 1 N–H and O–H groups in total. The zero-order valence-electron chi connectivity index (χ0n) is 17.5. The van der Waals surface area contributed by atoms with E-state index in [2.05, 4.69) is 12.2 Å². The van der Waals surface area contributed by atoms with Crippen LogP contribution in [0.5, 0.6) is 5.75 Å². The van der Waals surface area contributed by atoms with Crippen molar-refractivity contribution in [3.05, 3.63) is 59.7 Å². The molecule has 30 heavy (non-hydrogen) atoms. The summed E-state index contributed by atoms with van der Waals surface area (Å²) in [7, 11) is -3.40. The normalized spacial score (nSPS) is 14.6. The molecule has 3 rings (SSSR count). The minimum atomic E-state index is -3.40. The summed E-state index contributed by atoms with van der Waals surface area (Å²) in [6.07, 6.45) is 3.85. The largest absolute Gasteiger partial charge is 0.494 e. The van der Waals surface area contributed by atoms with E-state index < -0.39 is 10.0 Å². The molecule has 0 saturated carbocycles. The molecule has 0 radical (unpaired) electrons. The molecule has 1 heterocycles. The van der Waals surface area contributed by atoms with Crippen LogP contribution >= 0.6 is 0 Å². The summed E-state index contributed by atoms with van der Waals surface area (Å²) in [5, 5.41) is 2.87. The van der Waals surface area contributed by atoms with Crippen LogP contribution in [0.2, 0.25) is 0 Å². The highest BCUT2D eigenvalue weighted by molar-refractivity contribution is 7.89. The van der Waals surface area contributed by atoms with Gasteiger partial charge in [-0.15, -0.1) is 0 Å². The third-order valence-electron chi connectivity index (χ3n) is 5.26. The van der Waals surface area contributed by atoms with Gasteiger partial charge in [0.25, 0.3) is 0 Å². The molecule has 1 aliphatic heterocycles. The van der Waals surface area contributed by atoms with Gasteiger partial charge in [-0.2, -0.15) is 4.31 Å². The Kier molecular flexibility index (Phi) is 7.87. The second-order valence-corrected chi connectivity index (χ2v) is 9.42. The van der Waals surface area contributed by atoms with Gasteiger partial charge in [0.15, 0.2) is 0 Å². The summed E-state index contributed by atoms with van der Waals surface area (Å²) < 4.78 is 32.3. The first kappa shape index (κ1) is 22.3. The number of carbonyl (C=O) groups excluding carboxylic acids is 1. The molecule has 1 fully saturated rings. The number of hydrogen-bond donors (Lipinski definition) is 1. The number of benzene rings is 2. The van der Waals surface area contributed by atoms with Crippen LogP contribution in [0.15, 0.2) is 53.4 Å². The Morgan fingerprint density at radius 3 is 2.27 bits per heavy atom. The minimum absolute atomic E-state index is 0.0475. The van der Waals surface area contributed by atoms with Crippen molar-refractivity contribution in [3.8, 4) is 5.75 Å². The summed E-state index contributed by atoms with van der Waals surface area (Å²) in [5.74, 6) is 0.769. The number of amides is 1. The monoisotopic (exact) mass is 430 g/mol. The summed E-state index contributed by atoms with van der Waals surface area (Å²) >= 11 is 0. The number of aryl methyl sites for hydroxylation is 1. The Labute approximate surface area is 179 Å². The van der Waals surface area contributed by atoms with Crippen LogP contribution in [0.4, 0.5) is 0 Å². The Morgan fingerprint density at radius 1 is 1.00 bits per heavy atom. The SMILES string of the molecule is CCc1ccc(OCCCC(=O)NCc2ccc(S(=O)(=O)N3CCCC3)cc2)cc1. The first-order valence-electron chi connectivity index (χ1n) is 10.6. The molecule has 0 spiro atoms. The van der Waals surface area contributed by atoms with Gasteiger partial charge >= 0.3 is 0 Å². The fraction of sp³-hybridized carbons (Fsp3) is 0.435. The van der Waals surface area contributed by atoms with Gasteiger partial charge < -0.3 is 10.1 Å². The van der Waals surface area contributed by atoms with Gasteiger partial charge in [-0.1, -0.05) is 31.2 Å². The van der Waals surface area contributed by atoms with Gasteiger partial charge in [0.1, 0.15) is 5.75 Å². The van der Waals surface area contributed by atoms with Crippen molar-refractivity contribution in [1.29, 1.82) is 0 Å². The molecule has 0 unspecified atom stereocenters. The Morgan fingerprint density at radius 2 is 1.63 bits per heavy atom. The van der Waals surface area contributed by atoms with Crippen molar-refractivity contribution in [2.75, 3.05) is 19.7 Å². The molecular weight excluding hydrogens is 400 g/mol. The smallest absolute Gasteiger partial charge is 0.243 e. The number of sulfonamides is 1. The topological polar surface area (TPSA) is 75.7 Å². The lowest BCUT2D eigenvalue weighted by Crippen LogP contribution is -2.28. The van der Waals surface area contributed by atoms with Crippen molar-refractivity contribution in [2.24, 2.45) is 0 Å². The van der Waals surface area contributed by atoms with Crippen molar-refractivity contribution in [3.63, 3.8) is 0 Å². The average molecular weight is 431 g/mol. The van der Waals surface area contributed by atoms with Crippen LogP contribution in [0.1, 0.15) is 43.7 Å². The maximum atomic E-state index is 12.5. The maximum absolute atomic E-state index is 12.5. The van der Waals surface area contributed by atoms with Crippen LogP contribution < -0.4 is 10.1 Å². The number of hydrogen-bond acceptors (Lipinski definition) is 4. The lowest BCUT2D eigenvalue weighted by Gasteiger charge is -2.15. The van der Waals surface area contributed by atoms with E-state index in [0.29, 0.717) is 44.0 Å². The van der Waals surface area contributed by atoms with Crippen molar-refractivity contribution in [1.82, 2.24) is 9.62 Å². The van der Waals surface area contributed by atoms with Gasteiger partial charge in [-0.3, -0.25) is 4.79 Å². The minimum Gasteiger partial charge on any atom is -0.494 e. The van der Waals surface area contributed by atoms with Gasteiger partial charge in [0.05, 0.1) is 11.5 Å². The number of nitrogens with one attached hydrogen (secondary N) is 1.